The summed E-state index contributed by atoms with van der Waals surface area (Å²) in [6.07, 6.45) is 2.11. The fourth-order valence-corrected chi connectivity index (χ4v) is 4.00. The maximum atomic E-state index is 13.4. The highest BCUT2D eigenvalue weighted by atomic mass is 16.5. The highest BCUT2D eigenvalue weighted by Gasteiger charge is 2.49. The van der Waals surface area contributed by atoms with Gasteiger partial charge in [0.15, 0.2) is 11.5 Å². The average molecular weight is 404 g/mol. The Morgan fingerprint density at radius 1 is 1.13 bits per heavy atom. The molecule has 2 N–H and O–H groups in total. The van der Waals surface area contributed by atoms with Gasteiger partial charge in [-0.05, 0) is 54.7 Å². The number of benzene rings is 2. The molecule has 1 amide bonds. The second-order valence-corrected chi connectivity index (χ2v) is 7.52. The van der Waals surface area contributed by atoms with E-state index < -0.39 is 5.54 Å². The first-order chi connectivity index (χ1) is 14.5. The Hall–Kier alpha value is -3.37. The second-order valence-electron chi connectivity index (χ2n) is 7.52. The topological polar surface area (TPSA) is 101 Å². The van der Waals surface area contributed by atoms with E-state index in [1.807, 2.05) is 36.4 Å². The summed E-state index contributed by atoms with van der Waals surface area (Å²) in [5.41, 5.74) is 7.98. The van der Waals surface area contributed by atoms with Gasteiger partial charge in [0, 0.05) is 19.2 Å². The highest BCUT2D eigenvalue weighted by Crippen LogP contribution is 2.43. The molecule has 2 heterocycles. The van der Waals surface area contributed by atoms with Crippen molar-refractivity contribution in [2.24, 2.45) is 10.7 Å². The van der Waals surface area contributed by atoms with Crippen molar-refractivity contribution in [2.45, 2.75) is 24.8 Å². The van der Waals surface area contributed by atoms with Gasteiger partial charge in [0.1, 0.15) is 12.4 Å². The third-order valence-corrected chi connectivity index (χ3v) is 5.62. The Balaban J connectivity index is 1.88. The number of guanidine groups is 1. The molecule has 7 heteroatoms. The molecule has 0 aliphatic carbocycles. The first-order valence-electron chi connectivity index (χ1n) is 10.0. The summed E-state index contributed by atoms with van der Waals surface area (Å²) in [7, 11) is 1.64. The number of hydrogen-bond acceptors (Lipinski definition) is 6. The lowest BCUT2D eigenvalue weighted by Gasteiger charge is -2.27. The van der Waals surface area contributed by atoms with Crippen molar-refractivity contribution in [1.29, 1.82) is 5.26 Å². The van der Waals surface area contributed by atoms with Crippen molar-refractivity contribution in [2.75, 3.05) is 26.9 Å². The van der Waals surface area contributed by atoms with E-state index in [1.54, 1.807) is 13.1 Å². The van der Waals surface area contributed by atoms with Crippen LogP contribution in [0.15, 0.2) is 47.5 Å². The molecule has 1 spiro atoms. The molecule has 0 saturated heterocycles. The van der Waals surface area contributed by atoms with E-state index in [9.17, 15) is 10.1 Å². The van der Waals surface area contributed by atoms with Crippen LogP contribution in [0.3, 0.4) is 0 Å². The number of nitrogens with zero attached hydrogens (tertiary/aromatic N) is 3. The average Bonchev–Trinajstić information content (AvgIpc) is 2.97. The summed E-state index contributed by atoms with van der Waals surface area (Å²) in [5.74, 6) is 0.641. The predicted octanol–water partition coefficient (Wildman–Crippen LogP) is 2.79. The van der Waals surface area contributed by atoms with Crippen LogP contribution in [0.2, 0.25) is 0 Å². The largest absolute Gasteiger partial charge is 0.491 e. The molecule has 7 nitrogen and oxygen atoms in total. The van der Waals surface area contributed by atoms with Crippen LogP contribution in [-0.4, -0.2) is 43.6 Å². The Morgan fingerprint density at radius 3 is 2.73 bits per heavy atom. The molecule has 2 aromatic carbocycles. The maximum Gasteiger partial charge on any atom is 0.261 e. The van der Waals surface area contributed by atoms with Crippen LogP contribution in [0.1, 0.15) is 30.4 Å². The number of rotatable bonds is 1. The van der Waals surface area contributed by atoms with Crippen LogP contribution < -0.4 is 10.5 Å². The molecular formula is C23H24N4O3. The zero-order valence-electron chi connectivity index (χ0n) is 16.9. The second kappa shape index (κ2) is 8.17. The minimum Gasteiger partial charge on any atom is -0.491 e. The fraction of sp³-hybridized carbons (Fsp3) is 0.348. The third kappa shape index (κ3) is 3.51. The van der Waals surface area contributed by atoms with E-state index >= 15 is 0 Å². The van der Waals surface area contributed by atoms with Gasteiger partial charge in [-0.15, -0.1) is 0 Å². The summed E-state index contributed by atoms with van der Waals surface area (Å²) < 4.78 is 11.6. The Labute approximate surface area is 175 Å². The van der Waals surface area contributed by atoms with Gasteiger partial charge < -0.3 is 15.2 Å². The maximum absolute atomic E-state index is 13.4. The van der Waals surface area contributed by atoms with Gasteiger partial charge in [-0.3, -0.25) is 9.69 Å². The van der Waals surface area contributed by atoms with Crippen molar-refractivity contribution >= 4 is 11.9 Å². The number of amides is 1. The molecular weight excluding hydrogens is 380 g/mol. The van der Waals surface area contributed by atoms with Gasteiger partial charge >= 0.3 is 0 Å². The molecule has 2 aromatic rings. The molecule has 0 fully saturated rings. The Kier molecular flexibility index (Phi) is 5.42. The number of nitrogens with two attached hydrogens (primary N) is 1. The Morgan fingerprint density at radius 2 is 1.97 bits per heavy atom. The van der Waals surface area contributed by atoms with Crippen LogP contribution in [-0.2, 0) is 15.1 Å². The first kappa shape index (κ1) is 19.9. The monoisotopic (exact) mass is 404 g/mol. The van der Waals surface area contributed by atoms with Crippen LogP contribution in [0.25, 0.3) is 11.1 Å². The van der Waals surface area contributed by atoms with E-state index in [-0.39, 0.29) is 11.9 Å². The van der Waals surface area contributed by atoms with Gasteiger partial charge in [-0.25, -0.2) is 4.99 Å². The van der Waals surface area contributed by atoms with Gasteiger partial charge in [0.2, 0.25) is 0 Å². The SMILES string of the molecule is CN1C(=O)[C@@]2(CCCCOCCOc3ccc(-c4cccc(C#N)c4)cc32)N=C1N. The van der Waals surface area contributed by atoms with E-state index in [0.29, 0.717) is 43.1 Å². The smallest absolute Gasteiger partial charge is 0.261 e. The summed E-state index contributed by atoms with van der Waals surface area (Å²) >= 11 is 0. The van der Waals surface area contributed by atoms with Crippen molar-refractivity contribution in [3.05, 3.63) is 53.6 Å². The zero-order valence-corrected chi connectivity index (χ0v) is 16.9. The van der Waals surface area contributed by atoms with Gasteiger partial charge in [0.05, 0.1) is 18.2 Å². The lowest BCUT2D eigenvalue weighted by Crippen LogP contribution is -2.40. The molecule has 0 bridgehead atoms. The number of carbonyl (C=O) groups excluding carboxylic acids is 1. The normalized spacial score (nSPS) is 21.9. The van der Waals surface area contributed by atoms with Crippen molar-refractivity contribution in [3.63, 3.8) is 0 Å². The molecule has 1 atom stereocenters. The predicted molar refractivity (Wildman–Crippen MR) is 113 cm³/mol. The molecule has 154 valence electrons. The molecule has 2 aliphatic rings. The molecule has 2 aliphatic heterocycles. The number of likely N-dealkylation sites (N-methyl/N-ethyl adjacent to an activating group) is 1. The van der Waals surface area contributed by atoms with Gasteiger partial charge in [-0.2, -0.15) is 5.26 Å². The van der Waals surface area contributed by atoms with Crippen LogP contribution >= 0.6 is 0 Å². The Bertz CT molecular complexity index is 1040. The molecule has 0 unspecified atom stereocenters. The van der Waals surface area contributed by atoms with E-state index in [0.717, 1.165) is 24.0 Å². The lowest BCUT2D eigenvalue weighted by molar-refractivity contribution is -0.131. The van der Waals surface area contributed by atoms with E-state index in [4.69, 9.17) is 15.2 Å². The highest BCUT2D eigenvalue weighted by molar-refractivity contribution is 6.07. The first-order valence-corrected chi connectivity index (χ1v) is 10.0. The number of nitriles is 1. The van der Waals surface area contributed by atoms with Gasteiger partial charge in [0.25, 0.3) is 5.91 Å². The van der Waals surface area contributed by atoms with Crippen LogP contribution in [0.5, 0.6) is 5.75 Å². The van der Waals surface area contributed by atoms with Crippen molar-refractivity contribution in [1.82, 2.24) is 4.90 Å². The standard InChI is InChI=1S/C23H24N4O3/c1-27-21(28)23(26-22(27)25)9-2-3-10-29-11-12-30-20-8-7-18(14-19(20)23)17-6-4-5-16(13-17)15-24/h4-8,13-14H,2-3,9-12H2,1H3,(H2,25,26)/t23-/m0/s1. The minimum atomic E-state index is -1.12. The third-order valence-electron chi connectivity index (χ3n) is 5.62. The lowest BCUT2D eigenvalue weighted by atomic mass is 9.82. The minimum absolute atomic E-state index is 0.159. The van der Waals surface area contributed by atoms with Crippen molar-refractivity contribution in [3.8, 4) is 22.9 Å². The number of aliphatic imine (C=N–C) groups is 1. The summed E-state index contributed by atoms with van der Waals surface area (Å²) in [4.78, 5) is 19.4. The number of fused-ring (bicyclic) bond motifs is 2. The van der Waals surface area contributed by atoms with Crippen molar-refractivity contribution < 1.29 is 14.3 Å². The number of carbonyl (C=O) groups is 1. The summed E-state index contributed by atoms with van der Waals surface area (Å²) in [6, 6.07) is 15.3. The molecule has 30 heavy (non-hydrogen) atoms. The quantitative estimate of drug-likeness (QED) is 0.788. The zero-order chi connectivity index (χ0) is 21.1. The van der Waals surface area contributed by atoms with E-state index in [1.165, 1.54) is 4.90 Å². The summed E-state index contributed by atoms with van der Waals surface area (Å²) in [5, 5.41) is 9.25. The van der Waals surface area contributed by atoms with Crippen LogP contribution in [0, 0.1) is 11.3 Å². The molecule has 4 rings (SSSR count). The van der Waals surface area contributed by atoms with E-state index in [2.05, 4.69) is 11.1 Å². The number of hydrogen-bond donors (Lipinski definition) is 1. The number of ether oxygens (including phenoxy) is 2. The van der Waals surface area contributed by atoms with Gasteiger partial charge in [-0.1, -0.05) is 18.2 Å². The molecule has 0 radical (unpaired) electrons. The summed E-state index contributed by atoms with van der Waals surface area (Å²) in [6.45, 7) is 1.48. The molecule has 0 saturated carbocycles. The fourth-order valence-electron chi connectivity index (χ4n) is 4.00. The van der Waals surface area contributed by atoms with Crippen LogP contribution in [0.4, 0.5) is 0 Å². The molecule has 0 aromatic heterocycles.